The van der Waals surface area contributed by atoms with Gasteiger partial charge in [0.05, 0.1) is 5.02 Å². The lowest BCUT2D eigenvalue weighted by Gasteiger charge is -2.37. The van der Waals surface area contributed by atoms with E-state index in [1.807, 2.05) is 0 Å². The Labute approximate surface area is 183 Å². The van der Waals surface area contributed by atoms with Crippen LogP contribution in [0.1, 0.15) is 19.3 Å². The van der Waals surface area contributed by atoms with Gasteiger partial charge in [0.25, 0.3) is 5.91 Å². The number of rotatable bonds is 3. The summed E-state index contributed by atoms with van der Waals surface area (Å²) in [6.07, 6.45) is 3.00. The van der Waals surface area contributed by atoms with Crippen LogP contribution in [0.4, 0.5) is 16.3 Å². The van der Waals surface area contributed by atoms with Crippen LogP contribution in [0.3, 0.4) is 0 Å². The molecular weight excluding hydrogens is 429 g/mol. The maximum Gasteiger partial charge on any atom is 0.321 e. The number of urea groups is 1. The summed E-state index contributed by atoms with van der Waals surface area (Å²) in [6.45, 7) is 0.991. The summed E-state index contributed by atoms with van der Waals surface area (Å²) in [7, 11) is 0. The van der Waals surface area contributed by atoms with Crippen LogP contribution < -0.4 is 10.6 Å². The number of benzene rings is 1. The van der Waals surface area contributed by atoms with E-state index in [9.17, 15) is 9.59 Å². The summed E-state index contributed by atoms with van der Waals surface area (Å²) in [5, 5.41) is 10.6. The van der Waals surface area contributed by atoms with Crippen molar-refractivity contribution in [1.82, 2.24) is 9.88 Å². The highest BCUT2D eigenvalue weighted by atomic mass is 35.5. The first-order valence-corrected chi connectivity index (χ1v) is 10.2. The number of likely N-dealkylation sites (tertiary alicyclic amines) is 1. The van der Waals surface area contributed by atoms with Crippen LogP contribution in [-0.4, -0.2) is 46.2 Å². The summed E-state index contributed by atoms with van der Waals surface area (Å²) < 4.78 is 0. The molecule has 4 rings (SSSR count). The molecule has 30 heavy (non-hydrogen) atoms. The second-order valence-corrected chi connectivity index (χ2v) is 8.11. The zero-order valence-electron chi connectivity index (χ0n) is 15.9. The van der Waals surface area contributed by atoms with Crippen molar-refractivity contribution < 1.29 is 14.4 Å². The molecule has 10 heteroatoms. The van der Waals surface area contributed by atoms with E-state index in [4.69, 9.17) is 28.0 Å². The molecule has 0 atom stereocenters. The lowest BCUT2D eigenvalue weighted by atomic mass is 9.87. The fraction of sp³-hybridized carbons (Fsp3) is 0.300. The van der Waals surface area contributed by atoms with Crippen LogP contribution in [0, 0.1) is 0 Å². The van der Waals surface area contributed by atoms with E-state index in [0.29, 0.717) is 59.6 Å². The van der Waals surface area contributed by atoms with Crippen molar-refractivity contribution in [2.24, 2.45) is 5.16 Å². The number of carbonyl (C=O) groups excluding carboxylic acids is 2. The van der Waals surface area contributed by atoms with Gasteiger partial charge in [0.1, 0.15) is 17.1 Å². The van der Waals surface area contributed by atoms with E-state index < -0.39 is 5.60 Å². The first kappa shape index (κ1) is 20.4. The first-order chi connectivity index (χ1) is 14.4. The maximum atomic E-state index is 12.5. The monoisotopic (exact) mass is 447 g/mol. The molecule has 0 unspecified atom stereocenters. The molecular formula is C20H19Cl2N5O3. The van der Waals surface area contributed by atoms with Crippen LogP contribution in [0.25, 0.3) is 0 Å². The minimum Gasteiger partial charge on any atom is -0.388 e. The molecule has 3 amide bonds. The molecule has 1 spiro atoms. The molecule has 2 aliphatic heterocycles. The number of amides is 3. The lowest BCUT2D eigenvalue weighted by Crippen LogP contribution is -2.48. The van der Waals surface area contributed by atoms with Gasteiger partial charge in [-0.25, -0.2) is 9.78 Å². The van der Waals surface area contributed by atoms with Gasteiger partial charge in [-0.15, -0.1) is 0 Å². The summed E-state index contributed by atoms with van der Waals surface area (Å²) >= 11 is 11.8. The predicted octanol–water partition coefficient (Wildman–Crippen LogP) is 4.17. The van der Waals surface area contributed by atoms with Crippen molar-refractivity contribution in [3.05, 3.63) is 52.6 Å². The molecule has 1 aromatic heterocycles. The van der Waals surface area contributed by atoms with Crippen molar-refractivity contribution in [1.29, 1.82) is 0 Å². The second kappa shape index (κ2) is 8.49. The molecule has 0 bridgehead atoms. The van der Waals surface area contributed by atoms with Crippen molar-refractivity contribution in [3.8, 4) is 0 Å². The Hall–Kier alpha value is -2.84. The number of hydrogen-bond donors (Lipinski definition) is 2. The molecule has 0 radical (unpaired) electrons. The number of anilines is 2. The first-order valence-electron chi connectivity index (χ1n) is 9.42. The van der Waals surface area contributed by atoms with Crippen molar-refractivity contribution in [2.45, 2.75) is 24.9 Å². The third-order valence-corrected chi connectivity index (χ3v) is 5.57. The smallest absolute Gasteiger partial charge is 0.321 e. The van der Waals surface area contributed by atoms with E-state index >= 15 is 0 Å². The molecule has 2 N–H and O–H groups in total. The van der Waals surface area contributed by atoms with Crippen molar-refractivity contribution >= 4 is 52.4 Å². The van der Waals surface area contributed by atoms with E-state index in [2.05, 4.69) is 20.8 Å². The Balaban J connectivity index is 1.29. The van der Waals surface area contributed by atoms with Gasteiger partial charge in [0.2, 0.25) is 0 Å². The quantitative estimate of drug-likeness (QED) is 0.737. The average molecular weight is 448 g/mol. The van der Waals surface area contributed by atoms with Gasteiger partial charge in [-0.2, -0.15) is 0 Å². The van der Waals surface area contributed by atoms with Crippen molar-refractivity contribution in [3.63, 3.8) is 0 Å². The molecule has 1 aromatic carbocycles. The molecule has 156 valence electrons. The SMILES string of the molecule is O=C(Nc1ccc(Cl)cn1)C1=NOC2(CCN(C(=O)Nc3cccc(Cl)c3)CC2)C1. The Morgan fingerprint density at radius 2 is 1.87 bits per heavy atom. The fourth-order valence-electron chi connectivity index (χ4n) is 3.44. The number of aromatic nitrogens is 1. The van der Waals surface area contributed by atoms with Crippen LogP contribution in [-0.2, 0) is 9.63 Å². The predicted molar refractivity (Wildman–Crippen MR) is 115 cm³/mol. The number of piperidine rings is 1. The second-order valence-electron chi connectivity index (χ2n) is 7.23. The lowest BCUT2D eigenvalue weighted by molar-refractivity contribution is -0.110. The van der Waals surface area contributed by atoms with Crippen LogP contribution in [0.5, 0.6) is 0 Å². The van der Waals surface area contributed by atoms with E-state index in [0.717, 1.165) is 0 Å². The van der Waals surface area contributed by atoms with E-state index in [1.165, 1.54) is 6.20 Å². The summed E-state index contributed by atoms with van der Waals surface area (Å²) in [4.78, 5) is 36.4. The van der Waals surface area contributed by atoms with Gasteiger partial charge in [0.15, 0.2) is 0 Å². The summed E-state index contributed by atoms with van der Waals surface area (Å²) in [5.74, 6) is 0.0309. The topological polar surface area (TPSA) is 95.9 Å². The summed E-state index contributed by atoms with van der Waals surface area (Å²) in [5.41, 5.74) is 0.388. The molecule has 8 nitrogen and oxygen atoms in total. The molecule has 1 saturated heterocycles. The minimum atomic E-state index is -0.563. The van der Waals surface area contributed by atoms with Gasteiger partial charge in [-0.1, -0.05) is 34.4 Å². The van der Waals surface area contributed by atoms with E-state index in [1.54, 1.807) is 41.3 Å². The van der Waals surface area contributed by atoms with Crippen LogP contribution in [0.2, 0.25) is 10.0 Å². The number of hydrogen-bond acceptors (Lipinski definition) is 5. The van der Waals surface area contributed by atoms with Crippen LogP contribution >= 0.6 is 23.2 Å². The normalized spacial score (nSPS) is 17.3. The molecule has 0 aliphatic carbocycles. The zero-order chi connectivity index (χ0) is 21.1. The number of nitrogens with one attached hydrogen (secondary N) is 2. The molecule has 0 saturated carbocycles. The van der Waals surface area contributed by atoms with Gasteiger partial charge < -0.3 is 20.4 Å². The number of pyridine rings is 1. The largest absolute Gasteiger partial charge is 0.388 e. The van der Waals surface area contributed by atoms with Crippen LogP contribution in [0.15, 0.2) is 47.8 Å². The third kappa shape index (κ3) is 4.66. The minimum absolute atomic E-state index is 0.196. The summed E-state index contributed by atoms with van der Waals surface area (Å²) in [6, 6.07) is 10.1. The zero-order valence-corrected chi connectivity index (χ0v) is 17.4. The molecule has 1 fully saturated rings. The third-order valence-electron chi connectivity index (χ3n) is 5.11. The van der Waals surface area contributed by atoms with Gasteiger partial charge in [-0.05, 0) is 30.3 Å². The van der Waals surface area contributed by atoms with Gasteiger partial charge in [-0.3, -0.25) is 4.79 Å². The Morgan fingerprint density at radius 1 is 1.07 bits per heavy atom. The standard InChI is InChI=1S/C20H19Cl2N5O3/c21-13-2-1-3-15(10-13)24-19(29)27-8-6-20(7-9-27)11-16(26-30-20)18(28)25-17-5-4-14(22)12-23-17/h1-5,10,12H,6-9,11H2,(H,24,29)(H,23,25,28). The highest BCUT2D eigenvalue weighted by molar-refractivity contribution is 6.43. The highest BCUT2D eigenvalue weighted by Gasteiger charge is 2.44. The number of oxime groups is 1. The number of carbonyl (C=O) groups is 2. The average Bonchev–Trinajstić information content (AvgIpc) is 3.14. The van der Waals surface area contributed by atoms with Gasteiger partial charge in [0, 0.05) is 49.3 Å². The number of halogens is 2. The molecule has 3 heterocycles. The Bertz CT molecular complexity index is 988. The Kier molecular flexibility index (Phi) is 5.78. The Morgan fingerprint density at radius 3 is 2.57 bits per heavy atom. The number of nitrogens with zero attached hydrogens (tertiary/aromatic N) is 3. The highest BCUT2D eigenvalue weighted by Crippen LogP contribution is 2.35. The molecule has 2 aliphatic rings. The van der Waals surface area contributed by atoms with E-state index in [-0.39, 0.29) is 11.9 Å². The molecule has 2 aromatic rings. The van der Waals surface area contributed by atoms with Crippen molar-refractivity contribution in [2.75, 3.05) is 23.7 Å². The van der Waals surface area contributed by atoms with Gasteiger partial charge >= 0.3 is 6.03 Å². The fourth-order valence-corrected chi connectivity index (χ4v) is 3.74. The maximum absolute atomic E-state index is 12.5.